The van der Waals surface area contributed by atoms with Gasteiger partial charge in [-0.25, -0.2) is 4.39 Å². The van der Waals surface area contributed by atoms with Gasteiger partial charge in [-0.15, -0.1) is 0 Å². The zero-order valence-corrected chi connectivity index (χ0v) is 16.4. The summed E-state index contributed by atoms with van der Waals surface area (Å²) >= 11 is 0. The molecule has 1 saturated carbocycles. The van der Waals surface area contributed by atoms with E-state index in [4.69, 9.17) is 4.74 Å². The monoisotopic (exact) mass is 374 g/mol. The lowest BCUT2D eigenvalue weighted by Gasteiger charge is -2.39. The number of likely N-dealkylation sites (tertiary alicyclic amines) is 1. The first-order valence-corrected chi connectivity index (χ1v) is 10.2. The minimum absolute atomic E-state index is 0.0651. The van der Waals surface area contributed by atoms with E-state index in [2.05, 4.69) is 27.0 Å². The van der Waals surface area contributed by atoms with E-state index < -0.39 is 0 Å². The molecule has 2 aliphatic heterocycles. The van der Waals surface area contributed by atoms with Gasteiger partial charge in [-0.3, -0.25) is 4.99 Å². The van der Waals surface area contributed by atoms with Crippen LogP contribution in [0.25, 0.3) is 0 Å². The van der Waals surface area contributed by atoms with E-state index in [0.717, 1.165) is 37.2 Å². The van der Waals surface area contributed by atoms with Crippen LogP contribution >= 0.6 is 0 Å². The maximum atomic E-state index is 13.2. The molecule has 1 aliphatic carbocycles. The lowest BCUT2D eigenvalue weighted by molar-refractivity contribution is -0.0605. The largest absolute Gasteiger partial charge is 0.367 e. The van der Waals surface area contributed by atoms with Gasteiger partial charge in [0, 0.05) is 32.7 Å². The van der Waals surface area contributed by atoms with Gasteiger partial charge in [0.25, 0.3) is 0 Å². The van der Waals surface area contributed by atoms with Gasteiger partial charge in [-0.2, -0.15) is 0 Å². The maximum absolute atomic E-state index is 13.2. The molecule has 1 aromatic rings. The summed E-state index contributed by atoms with van der Waals surface area (Å²) in [5.74, 6) is 1.43. The summed E-state index contributed by atoms with van der Waals surface area (Å²) in [5.41, 5.74) is 1.01. The smallest absolute Gasteiger partial charge is 0.193 e. The number of morpholine rings is 1. The fourth-order valence-electron chi connectivity index (χ4n) is 4.35. The van der Waals surface area contributed by atoms with Gasteiger partial charge in [0.1, 0.15) is 11.9 Å². The Bertz CT molecular complexity index is 661. The molecule has 1 N–H and O–H groups in total. The number of nitrogens with zero attached hydrogens (tertiary/aromatic N) is 3. The molecule has 0 bridgehead atoms. The van der Waals surface area contributed by atoms with Crippen molar-refractivity contribution in [2.45, 2.75) is 44.4 Å². The predicted octanol–water partition coefficient (Wildman–Crippen LogP) is 2.65. The van der Waals surface area contributed by atoms with Gasteiger partial charge >= 0.3 is 0 Å². The molecule has 6 heteroatoms. The molecule has 148 valence electrons. The summed E-state index contributed by atoms with van der Waals surface area (Å²) in [6.07, 6.45) is 4.09. The average Bonchev–Trinajstić information content (AvgIpc) is 3.41. The van der Waals surface area contributed by atoms with E-state index >= 15 is 0 Å². The number of aliphatic imine (C=N–C) groups is 1. The minimum atomic E-state index is -0.214. The van der Waals surface area contributed by atoms with Crippen LogP contribution < -0.4 is 5.32 Å². The number of halogens is 1. The third-order valence-electron chi connectivity index (χ3n) is 5.94. The molecule has 3 aliphatic rings. The molecule has 3 fully saturated rings. The standard InChI is InChI=1S/C21H31FN4O/c1-15-12-26(14-20(27-15)17-3-5-18(22)6-4-17)21(23-2)24-11-16-9-10-25(13-16)19-7-8-19/h3-6,15-16,19-20H,7-14H2,1-2H3,(H,23,24). The van der Waals surface area contributed by atoms with Gasteiger partial charge in [0.2, 0.25) is 0 Å². The fraction of sp³-hybridized carbons (Fsp3) is 0.667. The number of guanidine groups is 1. The van der Waals surface area contributed by atoms with Crippen molar-refractivity contribution < 1.29 is 9.13 Å². The Balaban J connectivity index is 1.34. The predicted molar refractivity (Wildman–Crippen MR) is 105 cm³/mol. The number of hydrogen-bond acceptors (Lipinski definition) is 3. The third kappa shape index (κ3) is 4.61. The minimum Gasteiger partial charge on any atom is -0.367 e. The van der Waals surface area contributed by atoms with Crippen LogP contribution in [0.15, 0.2) is 29.3 Å². The summed E-state index contributed by atoms with van der Waals surface area (Å²) in [6.45, 7) is 7.07. The summed E-state index contributed by atoms with van der Waals surface area (Å²) in [7, 11) is 1.85. The van der Waals surface area contributed by atoms with Crippen molar-refractivity contribution in [2.24, 2.45) is 10.9 Å². The maximum Gasteiger partial charge on any atom is 0.193 e. The molecule has 27 heavy (non-hydrogen) atoms. The highest BCUT2D eigenvalue weighted by atomic mass is 19.1. The van der Waals surface area contributed by atoms with E-state index in [1.807, 2.05) is 19.2 Å². The highest BCUT2D eigenvalue weighted by Crippen LogP contribution is 2.31. The van der Waals surface area contributed by atoms with Crippen molar-refractivity contribution in [1.82, 2.24) is 15.1 Å². The second-order valence-corrected chi connectivity index (χ2v) is 8.20. The van der Waals surface area contributed by atoms with Gasteiger partial charge < -0.3 is 19.9 Å². The Morgan fingerprint density at radius 1 is 1.19 bits per heavy atom. The molecule has 0 spiro atoms. The lowest BCUT2D eigenvalue weighted by Crippen LogP contribution is -2.51. The van der Waals surface area contributed by atoms with Crippen LogP contribution in [-0.2, 0) is 4.74 Å². The van der Waals surface area contributed by atoms with Gasteiger partial charge in [-0.05, 0) is 56.3 Å². The van der Waals surface area contributed by atoms with Crippen LogP contribution in [0.4, 0.5) is 4.39 Å². The highest BCUT2D eigenvalue weighted by Gasteiger charge is 2.34. The van der Waals surface area contributed by atoms with Crippen molar-refractivity contribution in [2.75, 3.05) is 39.8 Å². The van der Waals surface area contributed by atoms with Crippen molar-refractivity contribution in [1.29, 1.82) is 0 Å². The van der Waals surface area contributed by atoms with E-state index in [9.17, 15) is 4.39 Å². The Kier molecular flexibility index (Phi) is 5.64. The first kappa shape index (κ1) is 18.7. The molecule has 4 rings (SSSR count). The molecular weight excluding hydrogens is 343 g/mol. The molecule has 0 aromatic heterocycles. The number of hydrogen-bond donors (Lipinski definition) is 1. The zero-order valence-electron chi connectivity index (χ0n) is 16.4. The van der Waals surface area contributed by atoms with Crippen LogP contribution in [0, 0.1) is 11.7 Å². The normalized spacial score (nSPS) is 30.0. The van der Waals surface area contributed by atoms with Crippen molar-refractivity contribution >= 4 is 5.96 Å². The quantitative estimate of drug-likeness (QED) is 0.650. The van der Waals surface area contributed by atoms with E-state index in [0.29, 0.717) is 5.92 Å². The van der Waals surface area contributed by atoms with Crippen LogP contribution in [0.1, 0.15) is 37.9 Å². The molecule has 0 radical (unpaired) electrons. The van der Waals surface area contributed by atoms with Crippen molar-refractivity contribution in [3.05, 3.63) is 35.6 Å². The van der Waals surface area contributed by atoms with E-state index in [-0.39, 0.29) is 18.0 Å². The van der Waals surface area contributed by atoms with Crippen molar-refractivity contribution in [3.63, 3.8) is 0 Å². The number of ether oxygens (including phenoxy) is 1. The molecule has 1 aromatic carbocycles. The van der Waals surface area contributed by atoms with E-state index in [1.165, 1.54) is 44.5 Å². The van der Waals surface area contributed by atoms with Gasteiger partial charge in [0.15, 0.2) is 5.96 Å². The van der Waals surface area contributed by atoms with Crippen molar-refractivity contribution in [3.8, 4) is 0 Å². The summed E-state index contributed by atoms with van der Waals surface area (Å²) in [5, 5.41) is 3.60. The molecule has 2 heterocycles. The van der Waals surface area contributed by atoms with Crippen LogP contribution in [0.3, 0.4) is 0 Å². The molecule has 2 saturated heterocycles. The number of nitrogens with one attached hydrogen (secondary N) is 1. The van der Waals surface area contributed by atoms with Crippen LogP contribution in [0.5, 0.6) is 0 Å². The molecule has 3 unspecified atom stereocenters. The summed E-state index contributed by atoms with van der Waals surface area (Å²) in [6, 6.07) is 7.50. The number of benzene rings is 1. The zero-order chi connectivity index (χ0) is 18.8. The Hall–Kier alpha value is -1.66. The highest BCUT2D eigenvalue weighted by molar-refractivity contribution is 5.80. The second kappa shape index (κ2) is 8.15. The first-order valence-electron chi connectivity index (χ1n) is 10.2. The molecule has 5 nitrogen and oxygen atoms in total. The fourth-order valence-corrected chi connectivity index (χ4v) is 4.35. The average molecular weight is 375 g/mol. The summed E-state index contributed by atoms with van der Waals surface area (Å²) < 4.78 is 19.3. The molecule has 3 atom stereocenters. The first-order chi connectivity index (χ1) is 13.1. The SMILES string of the molecule is CN=C(NCC1CCN(C2CC2)C1)N1CC(C)OC(c2ccc(F)cc2)C1. The topological polar surface area (TPSA) is 40.1 Å². The molecular formula is C21H31FN4O. The number of rotatable bonds is 4. The second-order valence-electron chi connectivity index (χ2n) is 8.20. The third-order valence-corrected chi connectivity index (χ3v) is 5.94. The van der Waals surface area contributed by atoms with Gasteiger partial charge in [-0.1, -0.05) is 12.1 Å². The lowest BCUT2D eigenvalue weighted by atomic mass is 10.1. The summed E-state index contributed by atoms with van der Waals surface area (Å²) in [4.78, 5) is 9.44. The Labute approximate surface area is 161 Å². The molecule has 0 amide bonds. The Morgan fingerprint density at radius 2 is 1.96 bits per heavy atom. The van der Waals surface area contributed by atoms with Crippen LogP contribution in [-0.4, -0.2) is 67.7 Å². The Morgan fingerprint density at radius 3 is 2.67 bits per heavy atom. The van der Waals surface area contributed by atoms with Gasteiger partial charge in [0.05, 0.1) is 12.6 Å². The van der Waals surface area contributed by atoms with Crippen LogP contribution in [0.2, 0.25) is 0 Å². The van der Waals surface area contributed by atoms with E-state index in [1.54, 1.807) is 0 Å².